The topological polar surface area (TPSA) is 129 Å². The van der Waals surface area contributed by atoms with E-state index in [1.807, 2.05) is 20.2 Å². The molecule has 0 spiro atoms. The van der Waals surface area contributed by atoms with Gasteiger partial charge in [-0.2, -0.15) is 5.10 Å². The van der Waals surface area contributed by atoms with Crippen molar-refractivity contribution in [2.75, 3.05) is 5.32 Å². The van der Waals surface area contributed by atoms with Crippen LogP contribution in [0.15, 0.2) is 18.5 Å². The van der Waals surface area contributed by atoms with E-state index in [0.29, 0.717) is 6.54 Å². The molecule has 0 aromatic carbocycles. The van der Waals surface area contributed by atoms with Crippen LogP contribution in [0.1, 0.15) is 28.5 Å². The van der Waals surface area contributed by atoms with Gasteiger partial charge in [-0.15, -0.1) is 0 Å². The van der Waals surface area contributed by atoms with Gasteiger partial charge in [-0.3, -0.25) is 19.6 Å². The Labute approximate surface area is 126 Å². The largest absolute Gasteiger partial charge is 0.365 e. The fraction of sp³-hybridized carbons (Fsp3) is 0.308. The number of amides is 1. The molecular weight excluding hydrogens is 288 g/mol. The first kappa shape index (κ1) is 15.4. The van der Waals surface area contributed by atoms with Crippen LogP contribution in [0.25, 0.3) is 0 Å². The molecule has 2 aromatic rings. The first-order valence-corrected chi connectivity index (χ1v) is 6.61. The summed E-state index contributed by atoms with van der Waals surface area (Å²) in [5.41, 5.74) is 6.84. The third kappa shape index (κ3) is 3.19. The number of hydrogen-bond donors (Lipinski definition) is 2. The number of aryl methyl sites for hydroxylation is 2. The van der Waals surface area contributed by atoms with Gasteiger partial charge in [0, 0.05) is 31.4 Å². The van der Waals surface area contributed by atoms with Crippen LogP contribution in [0.4, 0.5) is 11.5 Å². The second kappa shape index (κ2) is 6.20. The number of nitro groups is 1. The Morgan fingerprint density at radius 1 is 1.55 bits per heavy atom. The summed E-state index contributed by atoms with van der Waals surface area (Å²) in [5.74, 6) is -0.565. The van der Waals surface area contributed by atoms with Crippen molar-refractivity contribution >= 4 is 17.4 Å². The molecule has 0 aliphatic heterocycles. The summed E-state index contributed by atoms with van der Waals surface area (Å²) in [7, 11) is 1.82. The number of primary amides is 1. The smallest absolute Gasteiger partial charge is 0.288 e. The summed E-state index contributed by atoms with van der Waals surface area (Å²) in [6.45, 7) is 2.38. The molecule has 0 atom stereocenters. The molecule has 22 heavy (non-hydrogen) atoms. The fourth-order valence-electron chi connectivity index (χ4n) is 2.09. The molecule has 2 aromatic heterocycles. The third-order valence-electron chi connectivity index (χ3n) is 3.12. The van der Waals surface area contributed by atoms with Crippen molar-refractivity contribution in [1.29, 1.82) is 0 Å². The molecule has 0 unspecified atom stereocenters. The first-order valence-electron chi connectivity index (χ1n) is 6.61. The van der Waals surface area contributed by atoms with E-state index in [1.54, 1.807) is 4.68 Å². The number of carbonyl (C=O) groups is 1. The zero-order chi connectivity index (χ0) is 16.3. The number of aromatic nitrogens is 3. The lowest BCUT2D eigenvalue weighted by atomic mass is 10.2. The van der Waals surface area contributed by atoms with Crippen molar-refractivity contribution in [3.05, 3.63) is 45.4 Å². The van der Waals surface area contributed by atoms with Crippen LogP contribution in [0.2, 0.25) is 0 Å². The first-order chi connectivity index (χ1) is 10.4. The number of carbonyl (C=O) groups excluding carboxylic acids is 1. The average molecular weight is 304 g/mol. The van der Waals surface area contributed by atoms with Crippen molar-refractivity contribution < 1.29 is 9.72 Å². The van der Waals surface area contributed by atoms with E-state index in [4.69, 9.17) is 5.73 Å². The van der Waals surface area contributed by atoms with Gasteiger partial charge in [0.25, 0.3) is 11.6 Å². The van der Waals surface area contributed by atoms with Gasteiger partial charge in [-0.1, -0.05) is 6.92 Å². The molecule has 0 saturated heterocycles. The number of nitrogens with zero attached hydrogens (tertiary/aromatic N) is 4. The summed E-state index contributed by atoms with van der Waals surface area (Å²) in [6.07, 6.45) is 3.72. The van der Waals surface area contributed by atoms with Crippen LogP contribution in [-0.4, -0.2) is 25.6 Å². The van der Waals surface area contributed by atoms with Crippen LogP contribution in [0.3, 0.4) is 0 Å². The van der Waals surface area contributed by atoms with E-state index in [9.17, 15) is 14.9 Å². The van der Waals surface area contributed by atoms with Gasteiger partial charge in [0.1, 0.15) is 12.0 Å². The summed E-state index contributed by atoms with van der Waals surface area (Å²) >= 11 is 0. The molecule has 0 saturated carbocycles. The number of nitrogens with two attached hydrogens (primary N) is 1. The van der Waals surface area contributed by atoms with Crippen molar-refractivity contribution in [2.45, 2.75) is 19.9 Å². The lowest BCUT2D eigenvalue weighted by molar-refractivity contribution is -0.385. The van der Waals surface area contributed by atoms with Crippen LogP contribution < -0.4 is 11.1 Å². The molecule has 9 heteroatoms. The molecule has 0 fully saturated rings. The van der Waals surface area contributed by atoms with Crippen molar-refractivity contribution in [3.63, 3.8) is 0 Å². The zero-order valence-electron chi connectivity index (χ0n) is 12.2. The summed E-state index contributed by atoms with van der Waals surface area (Å²) in [4.78, 5) is 25.5. The number of nitrogens with one attached hydrogen (secondary N) is 1. The second-order valence-corrected chi connectivity index (χ2v) is 4.69. The minimum Gasteiger partial charge on any atom is -0.365 e. The molecule has 0 aliphatic rings. The highest BCUT2D eigenvalue weighted by Gasteiger charge is 2.16. The lowest BCUT2D eigenvalue weighted by Gasteiger charge is -2.08. The lowest BCUT2D eigenvalue weighted by Crippen LogP contribution is -2.16. The molecule has 2 heterocycles. The highest BCUT2D eigenvalue weighted by Crippen LogP contribution is 2.20. The van der Waals surface area contributed by atoms with Crippen LogP contribution in [-0.2, 0) is 20.0 Å². The molecule has 116 valence electrons. The Morgan fingerprint density at radius 3 is 2.86 bits per heavy atom. The third-order valence-corrected chi connectivity index (χ3v) is 3.12. The molecule has 9 nitrogen and oxygen atoms in total. The molecular formula is C13H16N6O3. The SMILES string of the molecule is CCc1nn(C)cc1CNc1ncc([N+](=O)[O-])cc1C(N)=O. The fourth-order valence-corrected chi connectivity index (χ4v) is 2.09. The van der Waals surface area contributed by atoms with Gasteiger partial charge in [0.15, 0.2) is 0 Å². The van der Waals surface area contributed by atoms with Crippen LogP contribution in [0.5, 0.6) is 0 Å². The number of anilines is 1. The molecule has 0 radical (unpaired) electrons. The van der Waals surface area contributed by atoms with Gasteiger partial charge in [0.2, 0.25) is 0 Å². The van der Waals surface area contributed by atoms with E-state index < -0.39 is 10.8 Å². The minimum absolute atomic E-state index is 0.0175. The molecule has 0 aliphatic carbocycles. The Kier molecular flexibility index (Phi) is 4.35. The number of pyridine rings is 1. The Bertz CT molecular complexity index is 725. The predicted molar refractivity (Wildman–Crippen MR) is 79.3 cm³/mol. The van der Waals surface area contributed by atoms with Crippen LogP contribution in [0, 0.1) is 10.1 Å². The van der Waals surface area contributed by atoms with E-state index in [2.05, 4.69) is 15.4 Å². The van der Waals surface area contributed by atoms with Crippen molar-refractivity contribution in [2.24, 2.45) is 12.8 Å². The van der Waals surface area contributed by atoms with E-state index >= 15 is 0 Å². The van der Waals surface area contributed by atoms with Gasteiger partial charge in [0.05, 0.1) is 16.2 Å². The molecule has 1 amide bonds. The second-order valence-electron chi connectivity index (χ2n) is 4.69. The maximum absolute atomic E-state index is 11.4. The Balaban J connectivity index is 2.25. The standard InChI is InChI=1S/C13H16N6O3/c1-3-11-8(7-18(2)17-11)5-15-13-10(12(14)20)4-9(6-16-13)19(21)22/h4,6-7H,3,5H2,1-2H3,(H2,14,20)(H,15,16). The number of hydrogen-bond acceptors (Lipinski definition) is 6. The Hall–Kier alpha value is -2.97. The van der Waals surface area contributed by atoms with Gasteiger partial charge >= 0.3 is 0 Å². The predicted octanol–water partition coefficient (Wildman–Crippen LogP) is 0.997. The maximum atomic E-state index is 11.4. The van der Waals surface area contributed by atoms with E-state index in [1.165, 1.54) is 0 Å². The average Bonchev–Trinajstić information content (AvgIpc) is 2.84. The molecule has 3 N–H and O–H groups in total. The molecule has 2 rings (SSSR count). The van der Waals surface area contributed by atoms with Gasteiger partial charge in [-0.05, 0) is 6.42 Å². The highest BCUT2D eigenvalue weighted by atomic mass is 16.6. The number of rotatable bonds is 6. The highest BCUT2D eigenvalue weighted by molar-refractivity contribution is 5.98. The van der Waals surface area contributed by atoms with E-state index in [-0.39, 0.29) is 17.1 Å². The summed E-state index contributed by atoms with van der Waals surface area (Å²) in [5, 5.41) is 18.0. The van der Waals surface area contributed by atoms with Gasteiger partial charge < -0.3 is 11.1 Å². The minimum atomic E-state index is -0.777. The van der Waals surface area contributed by atoms with Gasteiger partial charge in [-0.25, -0.2) is 4.98 Å². The van der Waals surface area contributed by atoms with E-state index in [0.717, 1.165) is 29.9 Å². The zero-order valence-corrected chi connectivity index (χ0v) is 12.2. The van der Waals surface area contributed by atoms with Crippen molar-refractivity contribution in [1.82, 2.24) is 14.8 Å². The quantitative estimate of drug-likeness (QED) is 0.605. The monoisotopic (exact) mass is 304 g/mol. The van der Waals surface area contributed by atoms with Crippen molar-refractivity contribution in [3.8, 4) is 0 Å². The Morgan fingerprint density at radius 2 is 2.27 bits per heavy atom. The maximum Gasteiger partial charge on any atom is 0.288 e. The summed E-state index contributed by atoms with van der Waals surface area (Å²) < 4.78 is 1.70. The van der Waals surface area contributed by atoms with Crippen LogP contribution >= 0.6 is 0 Å². The summed E-state index contributed by atoms with van der Waals surface area (Å²) in [6, 6.07) is 1.11. The molecule has 0 bridgehead atoms. The normalized spacial score (nSPS) is 10.5.